The summed E-state index contributed by atoms with van der Waals surface area (Å²) in [6.45, 7) is 6.99. The van der Waals surface area contributed by atoms with E-state index in [1.807, 2.05) is 0 Å². The Hall–Kier alpha value is -5.54. The number of aromatic nitrogens is 9. The number of ketones is 1. The van der Waals surface area contributed by atoms with E-state index in [1.54, 1.807) is 89.1 Å². The van der Waals surface area contributed by atoms with Gasteiger partial charge in [0, 0.05) is 49.6 Å². The molecule has 5 heterocycles. The molecule has 0 saturated carbocycles. The van der Waals surface area contributed by atoms with E-state index in [9.17, 15) is 18.8 Å². The lowest BCUT2D eigenvalue weighted by atomic mass is 10.2. The van der Waals surface area contributed by atoms with Crippen LogP contribution in [0.15, 0.2) is 73.8 Å². The topological polar surface area (TPSA) is 236 Å². The minimum atomic E-state index is -1.06. The Morgan fingerprint density at radius 3 is 1.77 bits per heavy atom. The first-order chi connectivity index (χ1) is 25.4. The fourth-order valence-electron chi connectivity index (χ4n) is 3.22. The maximum atomic E-state index is 12.3. The number of thiazole rings is 1. The van der Waals surface area contributed by atoms with Crippen LogP contribution in [0.2, 0.25) is 0 Å². The molecule has 0 spiro atoms. The van der Waals surface area contributed by atoms with E-state index in [4.69, 9.17) is 16.6 Å². The third-order valence-corrected chi connectivity index (χ3v) is 6.94. The predicted octanol–water partition coefficient (Wildman–Crippen LogP) is 4.79. The lowest BCUT2D eigenvalue weighted by molar-refractivity contribution is -0.145. The van der Waals surface area contributed by atoms with Crippen LogP contribution in [0.3, 0.4) is 0 Å². The van der Waals surface area contributed by atoms with E-state index in [0.717, 1.165) is 11.3 Å². The highest BCUT2D eigenvalue weighted by Crippen LogP contribution is 2.31. The summed E-state index contributed by atoms with van der Waals surface area (Å²) in [7, 11) is -1.00. The number of nitrogens with zero attached hydrogens (tertiary/aromatic N) is 9. The van der Waals surface area contributed by atoms with E-state index >= 15 is 0 Å². The highest BCUT2D eigenvalue weighted by atomic mass is 79.9. The predicted molar refractivity (Wildman–Crippen MR) is 199 cm³/mol. The number of nitrogens with one attached hydrogen (secondary N) is 2. The third-order valence-electron chi connectivity index (χ3n) is 5.09. The molecular weight excluding hydrogens is 783 g/mol. The Bertz CT molecular complexity index is 1860. The molecule has 1 atom stereocenters. The monoisotopic (exact) mass is 817 g/mol. The Balaban J connectivity index is 0.000000288. The van der Waals surface area contributed by atoms with Gasteiger partial charge < -0.3 is 25.8 Å². The van der Waals surface area contributed by atoms with Crippen molar-refractivity contribution in [3.8, 4) is 11.5 Å². The van der Waals surface area contributed by atoms with Crippen LogP contribution in [-0.2, 0) is 14.3 Å². The van der Waals surface area contributed by atoms with Crippen molar-refractivity contribution in [2.75, 3.05) is 17.8 Å². The third kappa shape index (κ3) is 15.1. The Labute approximate surface area is 317 Å². The zero-order valence-corrected chi connectivity index (χ0v) is 31.3. The smallest absolute Gasteiger partial charge is 0.351 e. The molecule has 0 aliphatic heterocycles. The van der Waals surface area contributed by atoms with Crippen LogP contribution in [-0.4, -0.2) is 91.9 Å². The van der Waals surface area contributed by atoms with Gasteiger partial charge in [-0.05, 0) is 64.2 Å². The van der Waals surface area contributed by atoms with Crippen molar-refractivity contribution >= 4 is 79.3 Å². The molecular formula is C31H34BrFN12O5S2. The molecule has 0 saturated heterocycles. The van der Waals surface area contributed by atoms with Crippen molar-refractivity contribution in [2.45, 2.75) is 44.7 Å². The van der Waals surface area contributed by atoms with E-state index in [-0.39, 0.29) is 23.1 Å². The number of carbonyl (C=O) groups excluding carboxylic acids is 3. The van der Waals surface area contributed by atoms with Gasteiger partial charge in [0.15, 0.2) is 26.7 Å². The van der Waals surface area contributed by atoms with Crippen LogP contribution < -0.4 is 16.4 Å². The average molecular weight is 819 g/mol. The number of thiocarbonyl (C=S) groups is 1. The van der Waals surface area contributed by atoms with Crippen LogP contribution in [0.4, 0.5) is 21.4 Å². The summed E-state index contributed by atoms with van der Waals surface area (Å²) in [4.78, 5) is 70.8. The number of carbonyl (C=O) groups is 3. The largest absolute Gasteiger partial charge is 0.462 e. The molecule has 0 amide bonds. The standard InChI is InChI=1S/C15H14N6O2S.C10H11BrN2O3.C5H6N4S.CH3F/c1-9(2)23-13(22)11-10(12-16-5-3-6-17-12)20-15(24-11)21-14-18-7-4-8-19-14;1-6(2)16-10(15)7(11)8(14)9-12-4-3-5-13-9;6-4(10)9-5-7-2-1-3-8-5;1-2/h3-9H,1-2H3,(H,18,19,20,21);3-7H,1-2H3;1-3H,(H3,6,7,8,9,10);1H3/i;;;1D. The number of anilines is 3. The molecule has 0 radical (unpaired) electrons. The van der Waals surface area contributed by atoms with Crippen LogP contribution in [0, 0.1) is 0 Å². The van der Waals surface area contributed by atoms with E-state index in [2.05, 4.69) is 83.6 Å². The summed E-state index contributed by atoms with van der Waals surface area (Å²) in [5.41, 5.74) is 5.53. The van der Waals surface area contributed by atoms with Gasteiger partial charge in [0.25, 0.3) is 0 Å². The lowest BCUT2D eigenvalue weighted by Crippen LogP contribution is -2.29. The molecule has 0 aliphatic rings. The van der Waals surface area contributed by atoms with Crippen molar-refractivity contribution in [1.29, 1.82) is 0 Å². The molecule has 17 nitrogen and oxygen atoms in total. The second-order valence-electron chi connectivity index (χ2n) is 9.77. The number of ether oxygens (including phenoxy) is 2. The molecule has 1 unspecified atom stereocenters. The van der Waals surface area contributed by atoms with Gasteiger partial charge in [-0.25, -0.2) is 49.7 Å². The first kappa shape index (κ1) is 40.9. The van der Waals surface area contributed by atoms with Gasteiger partial charge in [0.1, 0.15) is 10.6 Å². The van der Waals surface area contributed by atoms with Gasteiger partial charge in [0.05, 0.1) is 20.7 Å². The molecule has 52 heavy (non-hydrogen) atoms. The molecule has 4 N–H and O–H groups in total. The van der Waals surface area contributed by atoms with Crippen molar-refractivity contribution in [1.82, 2.24) is 44.9 Å². The van der Waals surface area contributed by atoms with Gasteiger partial charge in [-0.2, -0.15) is 0 Å². The van der Waals surface area contributed by atoms with Crippen molar-refractivity contribution < 1.29 is 29.6 Å². The number of alkyl halides is 2. The second kappa shape index (κ2) is 23.0. The summed E-state index contributed by atoms with van der Waals surface area (Å²) in [5.74, 6) is -0.451. The normalized spacial score (nSPS) is 10.7. The highest BCUT2D eigenvalue weighted by molar-refractivity contribution is 9.10. The van der Waals surface area contributed by atoms with Gasteiger partial charge >= 0.3 is 11.9 Å². The van der Waals surface area contributed by atoms with Gasteiger partial charge in [-0.15, -0.1) is 0 Å². The molecule has 5 aromatic heterocycles. The number of nitrogens with two attached hydrogens (primary N) is 1. The summed E-state index contributed by atoms with van der Waals surface area (Å²) < 4.78 is 25.7. The number of hydrogen-bond acceptors (Lipinski definition) is 17. The van der Waals surface area contributed by atoms with E-state index < -0.39 is 29.7 Å². The zero-order valence-electron chi connectivity index (χ0n) is 29.1. The first-order valence-corrected chi connectivity index (χ1v) is 16.9. The molecule has 0 fully saturated rings. The van der Waals surface area contributed by atoms with Crippen LogP contribution in [0.5, 0.6) is 0 Å². The summed E-state index contributed by atoms with van der Waals surface area (Å²) in [5, 5.41) is 6.19. The minimum absolute atomic E-state index is 0.00918. The zero-order chi connectivity index (χ0) is 39.2. The first-order valence-electron chi connectivity index (χ1n) is 15.4. The van der Waals surface area contributed by atoms with Crippen molar-refractivity contribution in [3.05, 3.63) is 84.5 Å². The molecule has 5 aromatic rings. The molecule has 5 rings (SSSR count). The molecule has 0 bridgehead atoms. The van der Waals surface area contributed by atoms with Crippen LogP contribution in [0.1, 0.15) is 49.4 Å². The molecule has 21 heteroatoms. The van der Waals surface area contributed by atoms with Crippen molar-refractivity contribution in [2.24, 2.45) is 5.73 Å². The van der Waals surface area contributed by atoms with Gasteiger partial charge in [0.2, 0.25) is 17.7 Å². The maximum Gasteiger partial charge on any atom is 0.351 e. The molecule has 274 valence electrons. The van der Waals surface area contributed by atoms with E-state index in [0.29, 0.717) is 33.4 Å². The van der Waals surface area contributed by atoms with Crippen LogP contribution in [0.25, 0.3) is 11.5 Å². The van der Waals surface area contributed by atoms with E-state index in [1.165, 1.54) is 12.4 Å². The fraction of sp³-hybridized carbons (Fsp3) is 0.258. The fourth-order valence-corrected chi connectivity index (χ4v) is 4.47. The minimum Gasteiger partial charge on any atom is -0.462 e. The number of esters is 2. The lowest BCUT2D eigenvalue weighted by Gasteiger charge is -2.10. The van der Waals surface area contributed by atoms with Crippen molar-refractivity contribution in [3.63, 3.8) is 0 Å². The highest BCUT2D eigenvalue weighted by Gasteiger charge is 2.28. The average Bonchev–Trinajstić information content (AvgIpc) is 3.56. The second-order valence-corrected chi connectivity index (χ2v) is 12.1. The number of rotatable bonds is 10. The Kier molecular flexibility index (Phi) is 18.1. The quantitative estimate of drug-likeness (QED) is 0.0565. The number of Topliss-reactive ketones (excluding diaryl/α,β-unsaturated/α-hetero) is 1. The van der Waals surface area contributed by atoms with Gasteiger partial charge in [-0.3, -0.25) is 14.0 Å². The summed E-state index contributed by atoms with van der Waals surface area (Å²) in [6, 6.07) is 6.71. The molecule has 0 aromatic carbocycles. The van der Waals surface area contributed by atoms with Crippen LogP contribution >= 0.6 is 39.5 Å². The number of halogens is 2. The van der Waals surface area contributed by atoms with Gasteiger partial charge in [-0.1, -0.05) is 27.3 Å². The molecule has 0 aliphatic carbocycles. The Morgan fingerprint density at radius 2 is 1.29 bits per heavy atom. The summed E-state index contributed by atoms with van der Waals surface area (Å²) >= 11 is 8.68. The maximum absolute atomic E-state index is 12.3. The number of hydrogen-bond donors (Lipinski definition) is 3. The Morgan fingerprint density at radius 1 is 0.827 bits per heavy atom. The SMILES string of the molecule is CC(C)OC(=O)C(Br)C(=O)c1ncccn1.CC(C)OC(=O)c1sc(Nc2ncccn2)nc1-c1ncccn1.NC(=S)Nc1ncccn1.[2H]CF. The summed E-state index contributed by atoms with van der Waals surface area (Å²) in [6.07, 6.45) is 12.0.